The lowest BCUT2D eigenvalue weighted by molar-refractivity contribution is 1.15. The zero-order valence-electron chi connectivity index (χ0n) is 6.53. The molecule has 0 radical (unpaired) electrons. The van der Waals surface area contributed by atoms with Crippen molar-refractivity contribution in [1.82, 2.24) is 15.0 Å². The van der Waals surface area contributed by atoms with E-state index in [0.29, 0.717) is 11.0 Å². The topological polar surface area (TPSA) is 58.6 Å². The molecule has 60 valence electrons. The Labute approximate surface area is 68.3 Å². The van der Waals surface area contributed by atoms with E-state index in [1.165, 1.54) is 0 Å². The Bertz CT molecular complexity index is 475. The van der Waals surface area contributed by atoms with Gasteiger partial charge < -0.3 is 4.98 Å². The number of nitrogens with one attached hydrogen (secondary N) is 1. The maximum atomic E-state index is 11.1. The number of rotatable bonds is 0. The van der Waals surface area contributed by atoms with E-state index in [-0.39, 0.29) is 5.56 Å². The van der Waals surface area contributed by atoms with Gasteiger partial charge in [0, 0.05) is 12.4 Å². The summed E-state index contributed by atoms with van der Waals surface area (Å²) in [5.74, 6) is 0. The van der Waals surface area contributed by atoms with Crippen LogP contribution in [0.5, 0.6) is 0 Å². The van der Waals surface area contributed by atoms with Crippen LogP contribution in [0.4, 0.5) is 0 Å². The van der Waals surface area contributed by atoms with Crippen LogP contribution in [0.3, 0.4) is 0 Å². The molecule has 12 heavy (non-hydrogen) atoms. The van der Waals surface area contributed by atoms with Gasteiger partial charge in [-0.25, -0.2) is 9.97 Å². The van der Waals surface area contributed by atoms with Crippen LogP contribution in [0.2, 0.25) is 0 Å². The average molecular weight is 161 g/mol. The molecule has 0 aliphatic rings. The van der Waals surface area contributed by atoms with Gasteiger partial charge in [0.15, 0.2) is 5.52 Å². The van der Waals surface area contributed by atoms with Gasteiger partial charge in [-0.3, -0.25) is 4.79 Å². The molecule has 0 unspecified atom stereocenters. The molecule has 0 fully saturated rings. The molecular formula is C8H7N3O. The number of hydrogen-bond acceptors (Lipinski definition) is 3. The van der Waals surface area contributed by atoms with Crippen molar-refractivity contribution in [3.8, 4) is 0 Å². The molecular weight excluding hydrogens is 154 g/mol. The highest BCUT2D eigenvalue weighted by Crippen LogP contribution is 2.01. The first kappa shape index (κ1) is 6.97. The first-order valence-corrected chi connectivity index (χ1v) is 3.58. The first-order chi connectivity index (χ1) is 5.77. The van der Waals surface area contributed by atoms with Gasteiger partial charge in [0.1, 0.15) is 0 Å². The number of aromatic nitrogens is 3. The Morgan fingerprint density at radius 1 is 1.50 bits per heavy atom. The summed E-state index contributed by atoms with van der Waals surface area (Å²) in [6, 6.07) is 1.73. The van der Waals surface area contributed by atoms with E-state index < -0.39 is 0 Å². The van der Waals surface area contributed by atoms with E-state index in [2.05, 4.69) is 15.0 Å². The normalized spacial score (nSPS) is 10.4. The second kappa shape index (κ2) is 2.41. The van der Waals surface area contributed by atoms with Crippen molar-refractivity contribution in [3.05, 3.63) is 34.5 Å². The van der Waals surface area contributed by atoms with Crippen LogP contribution in [0.1, 0.15) is 5.69 Å². The predicted octanol–water partition coefficient (Wildman–Crippen LogP) is 0.627. The summed E-state index contributed by atoms with van der Waals surface area (Å²) < 4.78 is 0. The fourth-order valence-corrected chi connectivity index (χ4v) is 1.05. The summed E-state index contributed by atoms with van der Waals surface area (Å²) in [5.41, 5.74) is 1.65. The fraction of sp³-hybridized carbons (Fsp3) is 0.125. The van der Waals surface area contributed by atoms with E-state index in [9.17, 15) is 4.79 Å². The molecule has 2 heterocycles. The maximum Gasteiger partial charge on any atom is 0.276 e. The Morgan fingerprint density at radius 2 is 2.33 bits per heavy atom. The lowest BCUT2D eigenvalue weighted by Crippen LogP contribution is -2.07. The second-order valence-corrected chi connectivity index (χ2v) is 2.55. The second-order valence-electron chi connectivity index (χ2n) is 2.55. The van der Waals surface area contributed by atoms with Crippen LogP contribution in [0.25, 0.3) is 11.0 Å². The summed E-state index contributed by atoms with van der Waals surface area (Å²) in [5, 5.41) is 0. The molecule has 1 N–H and O–H groups in total. The zero-order valence-corrected chi connectivity index (χ0v) is 6.53. The number of H-pyrrole nitrogens is 1. The van der Waals surface area contributed by atoms with Gasteiger partial charge in [0.2, 0.25) is 0 Å². The van der Waals surface area contributed by atoms with Crippen LogP contribution in [-0.4, -0.2) is 15.0 Å². The molecule has 0 aromatic carbocycles. The first-order valence-electron chi connectivity index (χ1n) is 3.58. The number of aryl methyl sites for hydroxylation is 1. The van der Waals surface area contributed by atoms with Gasteiger partial charge >= 0.3 is 0 Å². The van der Waals surface area contributed by atoms with Gasteiger partial charge in [0.05, 0.1) is 11.2 Å². The summed E-state index contributed by atoms with van der Waals surface area (Å²) >= 11 is 0. The smallest absolute Gasteiger partial charge is 0.276 e. The van der Waals surface area contributed by atoms with Gasteiger partial charge in [0.25, 0.3) is 5.56 Å². The molecule has 0 amide bonds. The average Bonchev–Trinajstić information content (AvgIpc) is 2.04. The molecule has 0 saturated carbocycles. The Balaban J connectivity index is 2.96. The van der Waals surface area contributed by atoms with Crippen molar-refractivity contribution >= 4 is 11.0 Å². The fourth-order valence-electron chi connectivity index (χ4n) is 1.05. The minimum atomic E-state index is -0.194. The molecule has 0 bridgehead atoms. The molecule has 0 saturated heterocycles. The van der Waals surface area contributed by atoms with Crippen molar-refractivity contribution in [2.24, 2.45) is 0 Å². The molecule has 0 atom stereocenters. The zero-order chi connectivity index (χ0) is 8.55. The highest BCUT2D eigenvalue weighted by atomic mass is 16.1. The highest BCUT2D eigenvalue weighted by Gasteiger charge is 1.98. The van der Waals surface area contributed by atoms with Crippen molar-refractivity contribution in [1.29, 1.82) is 0 Å². The molecule has 4 nitrogen and oxygen atoms in total. The number of nitrogens with zero attached hydrogens (tertiary/aromatic N) is 2. The third-order valence-electron chi connectivity index (χ3n) is 1.59. The molecule has 2 aromatic rings. The van der Waals surface area contributed by atoms with Gasteiger partial charge in [-0.15, -0.1) is 0 Å². The molecule has 2 aromatic heterocycles. The largest absolute Gasteiger partial charge is 0.327 e. The Hall–Kier alpha value is -1.71. The number of hydrogen-bond donors (Lipinski definition) is 1. The molecule has 2 rings (SSSR count). The SMILES string of the molecule is Cc1cnc2c(=O)[nH]ccc2n1. The third-order valence-corrected chi connectivity index (χ3v) is 1.59. The van der Waals surface area contributed by atoms with Crippen molar-refractivity contribution in [2.45, 2.75) is 6.92 Å². The highest BCUT2D eigenvalue weighted by molar-refractivity contribution is 5.72. The van der Waals surface area contributed by atoms with E-state index in [4.69, 9.17) is 0 Å². The van der Waals surface area contributed by atoms with Crippen molar-refractivity contribution in [2.75, 3.05) is 0 Å². The quantitative estimate of drug-likeness (QED) is 0.616. The Morgan fingerprint density at radius 3 is 3.17 bits per heavy atom. The standard InChI is InChI=1S/C8H7N3O/c1-5-4-10-7-6(11-5)2-3-9-8(7)12/h2-4H,1H3,(H,9,12). The summed E-state index contributed by atoms with van der Waals surface area (Å²) in [6.45, 7) is 1.84. The summed E-state index contributed by atoms with van der Waals surface area (Å²) in [6.07, 6.45) is 3.15. The molecule has 0 spiro atoms. The minimum Gasteiger partial charge on any atom is -0.327 e. The lowest BCUT2D eigenvalue weighted by Gasteiger charge is -1.94. The number of aromatic amines is 1. The van der Waals surface area contributed by atoms with E-state index in [1.54, 1.807) is 18.5 Å². The van der Waals surface area contributed by atoms with Crippen LogP contribution >= 0.6 is 0 Å². The maximum absolute atomic E-state index is 11.1. The van der Waals surface area contributed by atoms with Crippen LogP contribution in [0.15, 0.2) is 23.3 Å². The van der Waals surface area contributed by atoms with Gasteiger partial charge in [-0.05, 0) is 13.0 Å². The van der Waals surface area contributed by atoms with E-state index >= 15 is 0 Å². The predicted molar refractivity (Wildman–Crippen MR) is 44.9 cm³/mol. The van der Waals surface area contributed by atoms with Crippen LogP contribution < -0.4 is 5.56 Å². The lowest BCUT2D eigenvalue weighted by atomic mass is 10.3. The Kier molecular flexibility index (Phi) is 1.40. The van der Waals surface area contributed by atoms with E-state index in [0.717, 1.165) is 5.69 Å². The minimum absolute atomic E-state index is 0.194. The van der Waals surface area contributed by atoms with Gasteiger partial charge in [-0.1, -0.05) is 0 Å². The van der Waals surface area contributed by atoms with Crippen LogP contribution in [0, 0.1) is 6.92 Å². The molecule has 4 heteroatoms. The van der Waals surface area contributed by atoms with Crippen molar-refractivity contribution < 1.29 is 0 Å². The summed E-state index contributed by atoms with van der Waals surface area (Å²) in [7, 11) is 0. The van der Waals surface area contributed by atoms with Crippen molar-refractivity contribution in [3.63, 3.8) is 0 Å². The third kappa shape index (κ3) is 0.972. The summed E-state index contributed by atoms with van der Waals surface area (Å²) in [4.78, 5) is 21.8. The number of pyridine rings is 1. The van der Waals surface area contributed by atoms with E-state index in [1.807, 2.05) is 6.92 Å². The number of fused-ring (bicyclic) bond motifs is 1. The van der Waals surface area contributed by atoms with Gasteiger partial charge in [-0.2, -0.15) is 0 Å². The molecule has 0 aliphatic carbocycles. The van der Waals surface area contributed by atoms with Crippen LogP contribution in [-0.2, 0) is 0 Å². The monoisotopic (exact) mass is 161 g/mol. The molecule has 0 aliphatic heterocycles.